The van der Waals surface area contributed by atoms with Crippen LogP contribution in [-0.4, -0.2) is 53.3 Å². The van der Waals surface area contributed by atoms with Crippen molar-refractivity contribution in [2.45, 2.75) is 63.1 Å². The van der Waals surface area contributed by atoms with E-state index in [1.54, 1.807) is 12.1 Å². The van der Waals surface area contributed by atoms with Gasteiger partial charge in [-0.25, -0.2) is 0 Å². The molecule has 0 radical (unpaired) electrons. The van der Waals surface area contributed by atoms with Gasteiger partial charge in [-0.2, -0.15) is 18.3 Å². The Labute approximate surface area is 195 Å². The fraction of sp³-hybridized carbons (Fsp3) is 0.577. The number of benzene rings is 1. The van der Waals surface area contributed by atoms with Gasteiger partial charge in [-0.15, -0.1) is 0 Å². The second-order valence-corrected chi connectivity index (χ2v) is 9.78. The quantitative estimate of drug-likeness (QED) is 0.449. The van der Waals surface area contributed by atoms with Crippen LogP contribution in [0.5, 0.6) is 0 Å². The maximum Gasteiger partial charge on any atom is 0.416 e. The number of alkyl halides is 3. The molecule has 1 aliphatic carbocycles. The fourth-order valence-electron chi connectivity index (χ4n) is 5.10. The average Bonchev–Trinajstić information content (AvgIpc) is 3.32. The van der Waals surface area contributed by atoms with Crippen LogP contribution < -0.4 is 0 Å². The summed E-state index contributed by atoms with van der Waals surface area (Å²) in [6.07, 6.45) is 2.68. The summed E-state index contributed by atoms with van der Waals surface area (Å²) < 4.78 is 42.9. The minimum atomic E-state index is -4.33. The first-order valence-electron chi connectivity index (χ1n) is 12.0. The lowest BCUT2D eigenvalue weighted by Gasteiger charge is -2.24. The molecular formula is C26H35F3N4. The molecule has 2 fully saturated rings. The summed E-state index contributed by atoms with van der Waals surface area (Å²) in [6.45, 7) is 8.87. The highest BCUT2D eigenvalue weighted by atomic mass is 19.4. The Kier molecular flexibility index (Phi) is 6.89. The highest BCUT2D eigenvalue weighted by Gasteiger charge is 2.38. The molecule has 33 heavy (non-hydrogen) atoms. The van der Waals surface area contributed by atoms with Gasteiger partial charge in [-0.3, -0.25) is 4.68 Å². The number of hydrogen-bond donors (Lipinski definition) is 0. The van der Waals surface area contributed by atoms with E-state index in [0.29, 0.717) is 37.0 Å². The van der Waals surface area contributed by atoms with Crippen molar-refractivity contribution in [1.29, 1.82) is 0 Å². The Balaban J connectivity index is 1.55. The highest BCUT2D eigenvalue weighted by Crippen LogP contribution is 2.46. The van der Waals surface area contributed by atoms with Gasteiger partial charge >= 0.3 is 6.18 Å². The number of nitrogens with zero attached hydrogens (tertiary/aromatic N) is 4. The van der Waals surface area contributed by atoms with E-state index in [1.165, 1.54) is 17.8 Å². The Morgan fingerprint density at radius 2 is 1.91 bits per heavy atom. The van der Waals surface area contributed by atoms with Crippen LogP contribution in [-0.2, 0) is 6.18 Å². The smallest absolute Gasteiger partial charge is 0.371 e. The predicted octanol–water partition coefficient (Wildman–Crippen LogP) is 6.14. The topological polar surface area (TPSA) is 24.3 Å². The summed E-state index contributed by atoms with van der Waals surface area (Å²) in [7, 11) is 4.18. The van der Waals surface area contributed by atoms with E-state index in [0.717, 1.165) is 43.5 Å². The van der Waals surface area contributed by atoms with Gasteiger partial charge in [0, 0.05) is 36.2 Å². The number of halogens is 3. The van der Waals surface area contributed by atoms with Crippen molar-refractivity contribution >= 4 is 5.70 Å². The highest BCUT2D eigenvalue weighted by molar-refractivity contribution is 5.65. The second kappa shape index (κ2) is 9.53. The van der Waals surface area contributed by atoms with Crippen LogP contribution in [0.15, 0.2) is 37.0 Å². The minimum Gasteiger partial charge on any atom is -0.371 e. The standard InChI is InChI=1S/C26H35F3N4/c1-5-21(13-14-31(3)4)33-25(19-10-11-19)23(16-30-33)18(2)32-15-12-20(17-32)22-8-6-7-9-24(22)26(27,28)29/h6-9,16,19-21H,2,5,10-15,17H2,1,3-4H3/t20-,21?/m1/s1. The molecule has 7 heteroatoms. The zero-order valence-corrected chi connectivity index (χ0v) is 19.9. The van der Waals surface area contributed by atoms with Gasteiger partial charge in [0.15, 0.2) is 0 Å². The van der Waals surface area contributed by atoms with Crippen LogP contribution in [0.3, 0.4) is 0 Å². The van der Waals surface area contributed by atoms with E-state index in [-0.39, 0.29) is 5.92 Å². The molecule has 1 saturated heterocycles. The molecule has 4 rings (SSSR count). The van der Waals surface area contributed by atoms with Crippen LogP contribution >= 0.6 is 0 Å². The van der Waals surface area contributed by atoms with E-state index in [1.807, 2.05) is 6.20 Å². The van der Waals surface area contributed by atoms with Gasteiger partial charge in [0.25, 0.3) is 0 Å². The molecule has 1 aromatic heterocycles. The summed E-state index contributed by atoms with van der Waals surface area (Å²) in [5, 5.41) is 4.80. The first-order valence-corrected chi connectivity index (χ1v) is 12.0. The monoisotopic (exact) mass is 460 g/mol. The van der Waals surface area contributed by atoms with E-state index in [4.69, 9.17) is 5.10 Å². The summed E-state index contributed by atoms with van der Waals surface area (Å²) >= 11 is 0. The third-order valence-electron chi connectivity index (χ3n) is 7.11. The van der Waals surface area contributed by atoms with Gasteiger partial charge in [0.2, 0.25) is 0 Å². The maximum absolute atomic E-state index is 13.6. The van der Waals surface area contributed by atoms with Crippen molar-refractivity contribution in [3.8, 4) is 0 Å². The molecule has 1 aliphatic heterocycles. The van der Waals surface area contributed by atoms with Crippen LogP contribution in [0.2, 0.25) is 0 Å². The first-order chi connectivity index (χ1) is 15.7. The van der Waals surface area contributed by atoms with Gasteiger partial charge < -0.3 is 9.80 Å². The fourth-order valence-corrected chi connectivity index (χ4v) is 5.10. The number of rotatable bonds is 9. The Hall–Kier alpha value is -2.28. The summed E-state index contributed by atoms with van der Waals surface area (Å²) in [4.78, 5) is 4.36. The lowest BCUT2D eigenvalue weighted by Crippen LogP contribution is -2.22. The van der Waals surface area contributed by atoms with Crippen molar-refractivity contribution in [3.63, 3.8) is 0 Å². The second-order valence-electron chi connectivity index (χ2n) is 9.78. The molecule has 0 amide bonds. The van der Waals surface area contributed by atoms with Crippen molar-refractivity contribution in [3.05, 3.63) is 59.4 Å². The zero-order valence-electron chi connectivity index (χ0n) is 19.9. The van der Waals surface area contributed by atoms with E-state index in [2.05, 4.69) is 42.1 Å². The SMILES string of the molecule is C=C(c1cnn(C(CC)CCN(C)C)c1C1CC1)N1CC[C@@H](c2ccccc2C(F)(F)F)C1. The minimum absolute atomic E-state index is 0.150. The molecule has 0 bridgehead atoms. The summed E-state index contributed by atoms with van der Waals surface area (Å²) in [6, 6.07) is 6.34. The number of aromatic nitrogens is 2. The molecule has 4 nitrogen and oxygen atoms in total. The number of hydrogen-bond acceptors (Lipinski definition) is 3. The molecule has 180 valence electrons. The normalized spacial score (nSPS) is 20.0. The molecule has 2 heterocycles. The van der Waals surface area contributed by atoms with E-state index < -0.39 is 11.7 Å². The summed E-state index contributed by atoms with van der Waals surface area (Å²) in [5.74, 6) is 0.361. The number of likely N-dealkylation sites (tertiary alicyclic amines) is 1. The molecule has 1 saturated carbocycles. The van der Waals surface area contributed by atoms with Crippen molar-refractivity contribution < 1.29 is 13.2 Å². The molecule has 2 aliphatic rings. The molecular weight excluding hydrogens is 425 g/mol. The van der Waals surface area contributed by atoms with Crippen LogP contribution in [0.4, 0.5) is 13.2 Å². The molecule has 2 aromatic rings. The van der Waals surface area contributed by atoms with Gasteiger partial charge in [0.1, 0.15) is 0 Å². The lowest BCUT2D eigenvalue weighted by atomic mass is 9.93. The molecule has 0 spiro atoms. The van der Waals surface area contributed by atoms with Crippen LogP contribution in [0.25, 0.3) is 5.70 Å². The third-order valence-corrected chi connectivity index (χ3v) is 7.11. The van der Waals surface area contributed by atoms with Crippen molar-refractivity contribution in [1.82, 2.24) is 19.6 Å². The predicted molar refractivity (Wildman–Crippen MR) is 126 cm³/mol. The van der Waals surface area contributed by atoms with Crippen LogP contribution in [0, 0.1) is 0 Å². The van der Waals surface area contributed by atoms with Crippen molar-refractivity contribution in [2.75, 3.05) is 33.7 Å². The molecule has 1 unspecified atom stereocenters. The van der Waals surface area contributed by atoms with Crippen molar-refractivity contribution in [2.24, 2.45) is 0 Å². The van der Waals surface area contributed by atoms with Gasteiger partial charge in [-0.05, 0) is 64.4 Å². The van der Waals surface area contributed by atoms with E-state index in [9.17, 15) is 13.2 Å². The average molecular weight is 461 g/mol. The molecule has 0 N–H and O–H groups in total. The Morgan fingerprint density at radius 3 is 2.55 bits per heavy atom. The molecule has 1 aromatic carbocycles. The van der Waals surface area contributed by atoms with Crippen LogP contribution in [0.1, 0.15) is 79.3 Å². The van der Waals surface area contributed by atoms with Gasteiger partial charge in [-0.1, -0.05) is 31.7 Å². The molecule has 2 atom stereocenters. The zero-order chi connectivity index (χ0) is 23.8. The summed E-state index contributed by atoms with van der Waals surface area (Å²) in [5.41, 5.74) is 3.13. The van der Waals surface area contributed by atoms with E-state index >= 15 is 0 Å². The first kappa shape index (κ1) is 23.9. The third kappa shape index (κ3) is 5.13. The maximum atomic E-state index is 13.6. The largest absolute Gasteiger partial charge is 0.416 e. The Bertz CT molecular complexity index is 974. The van der Waals surface area contributed by atoms with Gasteiger partial charge in [0.05, 0.1) is 23.5 Å². The Morgan fingerprint density at radius 1 is 1.18 bits per heavy atom. The lowest BCUT2D eigenvalue weighted by molar-refractivity contribution is -0.138.